The second-order valence-electron chi connectivity index (χ2n) is 2.92. The largest absolute Gasteiger partial charge is 0.466 e. The molecule has 2 N–H and O–H groups in total. The average molecular weight is 293 g/mol. The van der Waals surface area contributed by atoms with E-state index in [0.29, 0.717) is 27.4 Å². The van der Waals surface area contributed by atoms with E-state index in [0.717, 1.165) is 0 Å². The van der Waals surface area contributed by atoms with Crippen LogP contribution in [0.2, 0.25) is 5.02 Å². The van der Waals surface area contributed by atoms with Crippen molar-refractivity contribution in [3.63, 3.8) is 0 Å². The van der Waals surface area contributed by atoms with E-state index >= 15 is 0 Å². The smallest absolute Gasteiger partial charge is 0.310 e. The van der Waals surface area contributed by atoms with Gasteiger partial charge in [0.05, 0.1) is 22.5 Å². The van der Waals surface area contributed by atoms with Crippen LogP contribution in [0.1, 0.15) is 12.5 Å². The summed E-state index contributed by atoms with van der Waals surface area (Å²) in [4.78, 5) is 11.2. The highest BCUT2D eigenvalue weighted by atomic mass is 79.9. The maximum Gasteiger partial charge on any atom is 0.310 e. The van der Waals surface area contributed by atoms with Crippen LogP contribution in [0, 0.1) is 0 Å². The fourth-order valence-electron chi connectivity index (χ4n) is 1.11. The SMILES string of the molecule is CCOC(=O)Cc1ccc(N)c(Br)c1Cl. The first-order valence-electron chi connectivity index (χ1n) is 4.44. The summed E-state index contributed by atoms with van der Waals surface area (Å²) in [5.74, 6) is -0.295. The molecule has 0 spiro atoms. The van der Waals surface area contributed by atoms with Crippen molar-refractivity contribution >= 4 is 39.2 Å². The minimum Gasteiger partial charge on any atom is -0.466 e. The molecule has 0 heterocycles. The molecule has 0 radical (unpaired) electrons. The molecule has 1 aromatic carbocycles. The van der Waals surface area contributed by atoms with Gasteiger partial charge in [0.2, 0.25) is 0 Å². The van der Waals surface area contributed by atoms with Gasteiger partial charge in [0.1, 0.15) is 0 Å². The van der Waals surface area contributed by atoms with Crippen molar-refractivity contribution < 1.29 is 9.53 Å². The Bertz CT molecular complexity index is 382. The standard InChI is InChI=1S/C10H11BrClNO2/c1-2-15-8(14)5-6-3-4-7(13)9(11)10(6)12/h3-4H,2,5,13H2,1H3. The summed E-state index contributed by atoms with van der Waals surface area (Å²) < 4.78 is 5.44. The molecule has 0 fully saturated rings. The lowest BCUT2D eigenvalue weighted by Crippen LogP contribution is -2.08. The van der Waals surface area contributed by atoms with Crippen LogP contribution in [-0.4, -0.2) is 12.6 Å². The number of halogens is 2. The third-order valence-corrected chi connectivity index (χ3v) is 3.35. The molecule has 0 bridgehead atoms. The molecule has 5 heteroatoms. The predicted molar refractivity (Wildman–Crippen MR) is 63.9 cm³/mol. The number of carbonyl (C=O) groups is 1. The first-order valence-corrected chi connectivity index (χ1v) is 5.61. The van der Waals surface area contributed by atoms with Gasteiger partial charge in [-0.1, -0.05) is 17.7 Å². The van der Waals surface area contributed by atoms with Crippen LogP contribution >= 0.6 is 27.5 Å². The molecule has 82 valence electrons. The highest BCUT2D eigenvalue weighted by Gasteiger charge is 2.11. The van der Waals surface area contributed by atoms with E-state index in [1.807, 2.05) is 0 Å². The predicted octanol–water partition coefficient (Wildman–Crippen LogP) is 2.79. The molecule has 0 aliphatic rings. The third kappa shape index (κ3) is 3.11. The Hall–Kier alpha value is -0.740. The monoisotopic (exact) mass is 291 g/mol. The van der Waals surface area contributed by atoms with Gasteiger partial charge in [-0.15, -0.1) is 0 Å². The first kappa shape index (κ1) is 12.3. The fourth-order valence-corrected chi connectivity index (χ4v) is 1.73. The topological polar surface area (TPSA) is 52.3 Å². The van der Waals surface area contributed by atoms with Crippen molar-refractivity contribution in [3.8, 4) is 0 Å². The Balaban J connectivity index is 2.87. The summed E-state index contributed by atoms with van der Waals surface area (Å²) in [5, 5.41) is 0.461. The first-order chi connectivity index (χ1) is 7.06. The van der Waals surface area contributed by atoms with Gasteiger partial charge in [-0.2, -0.15) is 0 Å². The maximum absolute atomic E-state index is 11.2. The van der Waals surface area contributed by atoms with Crippen LogP contribution < -0.4 is 5.73 Å². The molecule has 0 unspecified atom stereocenters. The number of carbonyl (C=O) groups excluding carboxylic acids is 1. The Morgan fingerprint density at radius 2 is 2.27 bits per heavy atom. The summed E-state index contributed by atoms with van der Waals surface area (Å²) in [6.45, 7) is 2.13. The van der Waals surface area contributed by atoms with Crippen LogP contribution in [0.4, 0.5) is 5.69 Å². The second-order valence-corrected chi connectivity index (χ2v) is 4.09. The zero-order chi connectivity index (χ0) is 11.4. The van der Waals surface area contributed by atoms with E-state index in [9.17, 15) is 4.79 Å². The highest BCUT2D eigenvalue weighted by Crippen LogP contribution is 2.31. The molecular formula is C10H11BrClNO2. The second kappa shape index (κ2) is 5.37. The minimum atomic E-state index is -0.295. The molecule has 15 heavy (non-hydrogen) atoms. The van der Waals surface area contributed by atoms with Gasteiger partial charge < -0.3 is 10.5 Å². The van der Waals surface area contributed by atoms with Crippen LogP contribution in [0.3, 0.4) is 0 Å². The zero-order valence-corrected chi connectivity index (χ0v) is 10.6. The van der Waals surface area contributed by atoms with Crippen molar-refractivity contribution in [1.82, 2.24) is 0 Å². The minimum absolute atomic E-state index is 0.158. The summed E-state index contributed by atoms with van der Waals surface area (Å²) in [6.07, 6.45) is 0.158. The van der Waals surface area contributed by atoms with Crippen molar-refractivity contribution in [1.29, 1.82) is 0 Å². The quantitative estimate of drug-likeness (QED) is 0.688. The Morgan fingerprint density at radius 1 is 1.60 bits per heavy atom. The molecule has 0 atom stereocenters. The lowest BCUT2D eigenvalue weighted by molar-refractivity contribution is -0.142. The van der Waals surface area contributed by atoms with E-state index in [1.54, 1.807) is 19.1 Å². The lowest BCUT2D eigenvalue weighted by atomic mass is 10.1. The normalized spacial score (nSPS) is 10.1. The number of benzene rings is 1. The number of hydrogen-bond acceptors (Lipinski definition) is 3. The van der Waals surface area contributed by atoms with Crippen LogP contribution in [0.15, 0.2) is 16.6 Å². The van der Waals surface area contributed by atoms with Crippen LogP contribution in [0.25, 0.3) is 0 Å². The van der Waals surface area contributed by atoms with Gasteiger partial charge in [0.25, 0.3) is 0 Å². The summed E-state index contributed by atoms with van der Waals surface area (Å²) in [5.41, 5.74) is 6.89. The molecule has 1 aromatic rings. The van der Waals surface area contributed by atoms with Gasteiger partial charge in [0.15, 0.2) is 0 Å². The lowest BCUT2D eigenvalue weighted by Gasteiger charge is -2.07. The number of anilines is 1. The number of rotatable bonds is 3. The molecule has 0 aliphatic carbocycles. The van der Waals surface area contributed by atoms with Gasteiger partial charge in [-0.05, 0) is 34.5 Å². The van der Waals surface area contributed by atoms with Crippen molar-refractivity contribution in [2.24, 2.45) is 0 Å². The van der Waals surface area contributed by atoms with Crippen LogP contribution in [-0.2, 0) is 16.0 Å². The molecule has 0 saturated heterocycles. The van der Waals surface area contributed by atoms with Crippen molar-refractivity contribution in [3.05, 3.63) is 27.2 Å². The van der Waals surface area contributed by atoms with E-state index in [1.165, 1.54) is 0 Å². The van der Waals surface area contributed by atoms with Crippen molar-refractivity contribution in [2.45, 2.75) is 13.3 Å². The maximum atomic E-state index is 11.2. The van der Waals surface area contributed by atoms with Gasteiger partial charge in [-0.3, -0.25) is 4.79 Å². The van der Waals surface area contributed by atoms with E-state index in [4.69, 9.17) is 22.1 Å². The summed E-state index contributed by atoms with van der Waals surface area (Å²) in [7, 11) is 0. The van der Waals surface area contributed by atoms with Gasteiger partial charge in [0, 0.05) is 5.69 Å². The molecular weight excluding hydrogens is 281 g/mol. The Labute approximate surface area is 102 Å². The number of hydrogen-bond donors (Lipinski definition) is 1. The number of nitrogen functional groups attached to an aromatic ring is 1. The highest BCUT2D eigenvalue weighted by molar-refractivity contribution is 9.10. The molecule has 1 rings (SSSR count). The molecule has 0 aromatic heterocycles. The summed E-state index contributed by atoms with van der Waals surface area (Å²) >= 11 is 9.26. The molecule has 3 nitrogen and oxygen atoms in total. The van der Waals surface area contributed by atoms with E-state index in [-0.39, 0.29) is 12.4 Å². The molecule has 0 saturated carbocycles. The van der Waals surface area contributed by atoms with Gasteiger partial charge >= 0.3 is 5.97 Å². The molecule has 0 aliphatic heterocycles. The number of esters is 1. The Morgan fingerprint density at radius 3 is 2.87 bits per heavy atom. The van der Waals surface area contributed by atoms with E-state index in [2.05, 4.69) is 15.9 Å². The average Bonchev–Trinajstić information content (AvgIpc) is 2.20. The Kier molecular flexibility index (Phi) is 4.42. The number of ether oxygens (including phenoxy) is 1. The van der Waals surface area contributed by atoms with Crippen LogP contribution in [0.5, 0.6) is 0 Å². The van der Waals surface area contributed by atoms with Crippen molar-refractivity contribution in [2.75, 3.05) is 12.3 Å². The fraction of sp³-hybridized carbons (Fsp3) is 0.300. The summed E-state index contributed by atoms with van der Waals surface area (Å²) in [6, 6.07) is 3.42. The van der Waals surface area contributed by atoms with Gasteiger partial charge in [-0.25, -0.2) is 0 Å². The van der Waals surface area contributed by atoms with E-state index < -0.39 is 0 Å². The third-order valence-electron chi connectivity index (χ3n) is 1.83. The molecule has 0 amide bonds. The zero-order valence-electron chi connectivity index (χ0n) is 8.22. The number of nitrogens with two attached hydrogens (primary N) is 1.